The maximum Gasteiger partial charge on any atom is 0.573 e. The van der Waals surface area contributed by atoms with Gasteiger partial charge in [-0.15, -0.1) is 13.2 Å². The van der Waals surface area contributed by atoms with E-state index < -0.39 is 12.2 Å². The third kappa shape index (κ3) is 6.20. The van der Waals surface area contributed by atoms with E-state index in [0.29, 0.717) is 6.61 Å². The molecule has 1 fully saturated rings. The van der Waals surface area contributed by atoms with Gasteiger partial charge >= 0.3 is 6.36 Å². The first kappa shape index (κ1) is 18.3. The number of nitrogens with zero attached hydrogens (tertiary/aromatic N) is 1. The van der Waals surface area contributed by atoms with Gasteiger partial charge in [0.1, 0.15) is 11.8 Å². The maximum atomic E-state index is 12.9. The molecule has 7 heteroatoms. The minimum absolute atomic E-state index is 0.0332. The Morgan fingerprint density at radius 2 is 1.79 bits per heavy atom. The van der Waals surface area contributed by atoms with E-state index in [2.05, 4.69) is 4.74 Å². The van der Waals surface area contributed by atoms with Crippen molar-refractivity contribution in [2.75, 3.05) is 0 Å². The van der Waals surface area contributed by atoms with Crippen LogP contribution in [-0.4, -0.2) is 12.5 Å². The lowest BCUT2D eigenvalue weighted by atomic mass is 9.87. The molecule has 1 aromatic carbocycles. The summed E-state index contributed by atoms with van der Waals surface area (Å²) in [5.74, 6) is -0.957. The van der Waals surface area contributed by atoms with Gasteiger partial charge in [-0.25, -0.2) is 0 Å². The Bertz CT molecular complexity index is 597. The number of allylic oxidation sites excluding steroid dienone is 2. The fraction of sp³-hybridized carbons (Fsp3) is 0.471. The summed E-state index contributed by atoms with van der Waals surface area (Å²) in [7, 11) is 0. The minimum Gasteiger partial charge on any atom is -0.406 e. The van der Waals surface area contributed by atoms with Gasteiger partial charge in [-0.2, -0.15) is 9.65 Å². The average Bonchev–Trinajstić information content (AvgIpc) is 2.54. The first-order chi connectivity index (χ1) is 11.4. The lowest BCUT2D eigenvalue weighted by molar-refractivity contribution is -0.274. The van der Waals surface area contributed by atoms with Gasteiger partial charge in [-0.1, -0.05) is 12.1 Å². The first-order valence-corrected chi connectivity index (χ1v) is 7.59. The fourth-order valence-corrected chi connectivity index (χ4v) is 2.67. The first-order valence-electron chi connectivity index (χ1n) is 7.59. The van der Waals surface area contributed by atoms with Gasteiger partial charge < -0.3 is 9.47 Å². The second-order valence-corrected chi connectivity index (χ2v) is 5.67. The lowest BCUT2D eigenvalue weighted by Crippen LogP contribution is -2.21. The smallest absolute Gasteiger partial charge is 0.406 e. The topological polar surface area (TPSA) is 42.2 Å². The summed E-state index contributed by atoms with van der Waals surface area (Å²) in [5, 5.41) is 8.42. The van der Waals surface area contributed by atoms with Crippen LogP contribution in [0.5, 0.6) is 5.75 Å². The Balaban J connectivity index is 1.76. The van der Waals surface area contributed by atoms with Crippen molar-refractivity contribution in [3.63, 3.8) is 0 Å². The SMILES string of the molecule is N#C/C(F)=C/[C@H]1CC[C@H](OCc2ccc(OC(F)(F)F)cc2)CC1. The Kier molecular flexibility index (Phi) is 6.21. The van der Waals surface area contributed by atoms with E-state index in [1.807, 2.05) is 0 Å². The van der Waals surface area contributed by atoms with Gasteiger partial charge in [-0.3, -0.25) is 0 Å². The van der Waals surface area contributed by atoms with Crippen LogP contribution in [0.25, 0.3) is 0 Å². The van der Waals surface area contributed by atoms with Crippen LogP contribution < -0.4 is 4.74 Å². The molecule has 0 spiro atoms. The van der Waals surface area contributed by atoms with Crippen LogP contribution in [0.1, 0.15) is 31.2 Å². The third-order valence-corrected chi connectivity index (χ3v) is 3.85. The number of ether oxygens (including phenoxy) is 2. The summed E-state index contributed by atoms with van der Waals surface area (Å²) in [6.07, 6.45) is -0.294. The zero-order valence-electron chi connectivity index (χ0n) is 12.9. The van der Waals surface area contributed by atoms with Crippen LogP contribution in [-0.2, 0) is 11.3 Å². The molecule has 0 saturated heterocycles. The van der Waals surface area contributed by atoms with Gasteiger partial charge in [0.25, 0.3) is 0 Å². The van der Waals surface area contributed by atoms with Crippen LogP contribution in [0.4, 0.5) is 17.6 Å². The highest BCUT2D eigenvalue weighted by atomic mass is 19.4. The summed E-state index contributed by atoms with van der Waals surface area (Å²) in [6, 6.07) is 7.02. The Morgan fingerprint density at radius 1 is 1.17 bits per heavy atom. The average molecular weight is 343 g/mol. The van der Waals surface area contributed by atoms with Crippen molar-refractivity contribution in [3.8, 4) is 11.8 Å². The minimum atomic E-state index is -4.70. The van der Waals surface area contributed by atoms with Crippen LogP contribution >= 0.6 is 0 Å². The van der Waals surface area contributed by atoms with Crippen LogP contribution in [0.3, 0.4) is 0 Å². The Hall–Kier alpha value is -2.07. The van der Waals surface area contributed by atoms with Crippen molar-refractivity contribution >= 4 is 0 Å². The van der Waals surface area contributed by atoms with Crippen LogP contribution in [0.2, 0.25) is 0 Å². The summed E-state index contributed by atoms with van der Waals surface area (Å²) in [5.41, 5.74) is 0.752. The van der Waals surface area contributed by atoms with E-state index in [4.69, 9.17) is 10.00 Å². The number of rotatable bonds is 5. The number of hydrogen-bond donors (Lipinski definition) is 0. The number of hydrogen-bond acceptors (Lipinski definition) is 3. The van der Waals surface area contributed by atoms with Gasteiger partial charge in [0, 0.05) is 0 Å². The normalized spacial score (nSPS) is 22.0. The highest BCUT2D eigenvalue weighted by molar-refractivity contribution is 5.27. The molecule has 1 aromatic rings. The van der Waals surface area contributed by atoms with Crippen molar-refractivity contribution in [1.29, 1.82) is 5.26 Å². The van der Waals surface area contributed by atoms with Crippen LogP contribution in [0, 0.1) is 17.2 Å². The Morgan fingerprint density at radius 3 is 2.33 bits per heavy atom. The van der Waals surface area contributed by atoms with Gasteiger partial charge in [0.05, 0.1) is 12.7 Å². The highest BCUT2D eigenvalue weighted by Crippen LogP contribution is 2.29. The molecule has 0 radical (unpaired) electrons. The van der Waals surface area contributed by atoms with E-state index >= 15 is 0 Å². The van der Waals surface area contributed by atoms with Crippen molar-refractivity contribution in [2.24, 2.45) is 5.92 Å². The fourth-order valence-electron chi connectivity index (χ4n) is 2.67. The van der Waals surface area contributed by atoms with Gasteiger partial charge in [0.15, 0.2) is 5.83 Å². The summed E-state index contributed by atoms with van der Waals surface area (Å²) in [4.78, 5) is 0. The summed E-state index contributed by atoms with van der Waals surface area (Å²) >= 11 is 0. The van der Waals surface area contributed by atoms with Crippen molar-refractivity contribution < 1.29 is 27.0 Å². The Labute approximate surface area is 137 Å². The molecule has 130 valence electrons. The largest absolute Gasteiger partial charge is 0.573 e. The van der Waals surface area contributed by atoms with E-state index in [1.54, 1.807) is 0 Å². The van der Waals surface area contributed by atoms with Crippen LogP contribution in [0.15, 0.2) is 36.2 Å². The van der Waals surface area contributed by atoms with Gasteiger partial charge in [0.2, 0.25) is 0 Å². The lowest BCUT2D eigenvalue weighted by Gasteiger charge is -2.26. The number of benzene rings is 1. The second kappa shape index (κ2) is 8.15. The summed E-state index contributed by atoms with van der Waals surface area (Å²) < 4.78 is 58.7. The molecule has 0 heterocycles. The maximum absolute atomic E-state index is 12.9. The predicted octanol–water partition coefficient (Wildman–Crippen LogP) is 5.04. The molecule has 24 heavy (non-hydrogen) atoms. The van der Waals surface area contributed by atoms with Crippen molar-refractivity contribution in [1.82, 2.24) is 0 Å². The monoisotopic (exact) mass is 343 g/mol. The zero-order valence-corrected chi connectivity index (χ0v) is 12.9. The number of nitriles is 1. The van der Waals surface area contributed by atoms with E-state index in [9.17, 15) is 17.6 Å². The zero-order chi connectivity index (χ0) is 17.6. The molecule has 0 amide bonds. The van der Waals surface area contributed by atoms with Gasteiger partial charge in [-0.05, 0) is 55.4 Å². The molecule has 1 saturated carbocycles. The summed E-state index contributed by atoms with van der Waals surface area (Å²) in [6.45, 7) is 0.296. The molecule has 0 bridgehead atoms. The molecule has 1 aliphatic carbocycles. The van der Waals surface area contributed by atoms with E-state index in [1.165, 1.54) is 36.4 Å². The molecule has 0 atom stereocenters. The number of halogens is 4. The molecular formula is C17H17F4NO2. The van der Waals surface area contributed by atoms with E-state index in [0.717, 1.165) is 31.2 Å². The highest BCUT2D eigenvalue weighted by Gasteiger charge is 2.31. The predicted molar refractivity (Wildman–Crippen MR) is 78.5 cm³/mol. The third-order valence-electron chi connectivity index (χ3n) is 3.85. The molecule has 0 aliphatic heterocycles. The number of alkyl halides is 3. The molecule has 3 nitrogen and oxygen atoms in total. The van der Waals surface area contributed by atoms with E-state index in [-0.39, 0.29) is 17.8 Å². The van der Waals surface area contributed by atoms with Crippen molar-refractivity contribution in [3.05, 3.63) is 41.7 Å². The standard InChI is InChI=1S/C17H17F4NO2/c18-14(10-22)9-12-1-5-15(6-2-12)23-11-13-3-7-16(8-4-13)24-17(19,20)21/h3-4,7-9,12,15H,1-2,5-6,11H2/b14-9-/t12-,15-. The molecule has 0 unspecified atom stereocenters. The molecule has 0 aromatic heterocycles. The molecule has 1 aliphatic rings. The molecule has 0 N–H and O–H groups in total. The molecule has 2 rings (SSSR count). The van der Waals surface area contributed by atoms with Crippen molar-refractivity contribution in [2.45, 2.75) is 44.8 Å². The quantitative estimate of drug-likeness (QED) is 0.556. The molecular weight excluding hydrogens is 326 g/mol. The second-order valence-electron chi connectivity index (χ2n) is 5.67.